The smallest absolute Gasteiger partial charge is 0.260 e. The van der Waals surface area contributed by atoms with Crippen molar-refractivity contribution >= 4 is 10.0 Å². The molecule has 6 heteroatoms. The average Bonchev–Trinajstić information content (AvgIpc) is 2.84. The first-order chi connectivity index (χ1) is 8.16. The molecule has 17 heavy (non-hydrogen) atoms. The van der Waals surface area contributed by atoms with Crippen molar-refractivity contribution < 1.29 is 8.42 Å². The third-order valence-corrected chi connectivity index (χ3v) is 5.13. The molecule has 1 aliphatic heterocycles. The molecule has 0 aromatic carbocycles. The van der Waals surface area contributed by atoms with Crippen LogP contribution >= 0.6 is 0 Å². The predicted molar refractivity (Wildman–Crippen MR) is 65.0 cm³/mol. The van der Waals surface area contributed by atoms with Crippen LogP contribution in [0.2, 0.25) is 0 Å². The zero-order chi connectivity index (χ0) is 12.3. The average molecular weight is 257 g/mol. The Hall–Kier alpha value is -0.880. The normalized spacial score (nSPS) is 22.8. The number of aromatic amines is 1. The predicted octanol–water partition coefficient (Wildman–Crippen LogP) is 1.75. The summed E-state index contributed by atoms with van der Waals surface area (Å²) in [5, 5.41) is 0.209. The van der Waals surface area contributed by atoms with Gasteiger partial charge in [0.25, 0.3) is 10.0 Å². The molecule has 96 valence electrons. The van der Waals surface area contributed by atoms with E-state index in [1.54, 1.807) is 4.31 Å². The molecule has 1 aromatic heterocycles. The number of hydrogen-bond donors (Lipinski definition) is 1. The number of sulfonamides is 1. The highest BCUT2D eigenvalue weighted by Gasteiger charge is 2.33. The van der Waals surface area contributed by atoms with Gasteiger partial charge in [0.15, 0.2) is 5.03 Å². The number of rotatable bonds is 4. The molecule has 0 spiro atoms. The fraction of sp³-hybridized carbons (Fsp3) is 0.727. The van der Waals surface area contributed by atoms with Gasteiger partial charge >= 0.3 is 0 Å². The molecule has 5 nitrogen and oxygen atoms in total. The molecule has 0 amide bonds. The van der Waals surface area contributed by atoms with Crippen molar-refractivity contribution in [1.29, 1.82) is 0 Å². The maximum atomic E-state index is 12.4. The van der Waals surface area contributed by atoms with Gasteiger partial charge in [-0.1, -0.05) is 19.8 Å². The minimum absolute atomic E-state index is 0.155. The fourth-order valence-corrected chi connectivity index (χ4v) is 4.04. The Morgan fingerprint density at radius 3 is 3.00 bits per heavy atom. The number of aromatic nitrogens is 2. The van der Waals surface area contributed by atoms with E-state index in [0.717, 1.165) is 32.1 Å². The fourth-order valence-electron chi connectivity index (χ4n) is 2.42. The van der Waals surface area contributed by atoms with Crippen molar-refractivity contribution in [2.45, 2.75) is 50.1 Å². The van der Waals surface area contributed by atoms with Crippen molar-refractivity contribution in [3.8, 4) is 0 Å². The maximum Gasteiger partial charge on any atom is 0.260 e. The number of H-pyrrole nitrogens is 1. The molecule has 0 saturated carbocycles. The van der Waals surface area contributed by atoms with Gasteiger partial charge in [-0.3, -0.25) is 0 Å². The lowest BCUT2D eigenvalue weighted by Gasteiger charge is -2.34. The molecule has 1 N–H and O–H groups in total. The molecule has 1 saturated heterocycles. The Balaban J connectivity index is 2.24. The summed E-state index contributed by atoms with van der Waals surface area (Å²) in [6.07, 6.45) is 7.79. The molecule has 2 heterocycles. The van der Waals surface area contributed by atoms with E-state index in [4.69, 9.17) is 0 Å². The van der Waals surface area contributed by atoms with Crippen LogP contribution in [0.1, 0.15) is 39.0 Å². The van der Waals surface area contributed by atoms with Crippen molar-refractivity contribution in [2.24, 2.45) is 0 Å². The molecule has 1 atom stereocenters. The van der Waals surface area contributed by atoms with Gasteiger partial charge in [-0.05, 0) is 19.3 Å². The molecule has 1 aliphatic rings. The Morgan fingerprint density at radius 1 is 1.53 bits per heavy atom. The molecular formula is C11H19N3O2S. The highest BCUT2D eigenvalue weighted by Crippen LogP contribution is 2.26. The van der Waals surface area contributed by atoms with E-state index in [-0.39, 0.29) is 11.1 Å². The summed E-state index contributed by atoms with van der Waals surface area (Å²) in [6.45, 7) is 2.72. The lowest BCUT2D eigenvalue weighted by molar-refractivity contribution is 0.239. The minimum atomic E-state index is -3.37. The molecule has 2 rings (SSSR count). The summed E-state index contributed by atoms with van der Waals surface area (Å²) in [5.41, 5.74) is 0. The molecule has 1 fully saturated rings. The van der Waals surface area contributed by atoms with E-state index in [0.29, 0.717) is 6.54 Å². The summed E-state index contributed by atoms with van der Waals surface area (Å²) in [4.78, 5) is 6.49. The van der Waals surface area contributed by atoms with Crippen LogP contribution in [0.5, 0.6) is 0 Å². The maximum absolute atomic E-state index is 12.4. The molecule has 0 radical (unpaired) electrons. The second-order valence-corrected chi connectivity index (χ2v) is 6.33. The topological polar surface area (TPSA) is 66.1 Å². The number of nitrogens with zero attached hydrogens (tertiary/aromatic N) is 2. The van der Waals surface area contributed by atoms with E-state index in [9.17, 15) is 8.42 Å². The number of hydrogen-bond acceptors (Lipinski definition) is 3. The van der Waals surface area contributed by atoms with Gasteiger partial charge in [0.2, 0.25) is 0 Å². The Morgan fingerprint density at radius 2 is 2.35 bits per heavy atom. The highest BCUT2D eigenvalue weighted by atomic mass is 32.2. The first-order valence-electron chi connectivity index (χ1n) is 6.16. The Labute approximate surface area is 102 Å². The number of nitrogens with one attached hydrogen (secondary N) is 1. The first-order valence-corrected chi connectivity index (χ1v) is 7.60. The van der Waals surface area contributed by atoms with Crippen LogP contribution < -0.4 is 0 Å². The van der Waals surface area contributed by atoms with Gasteiger partial charge in [-0.2, -0.15) is 4.31 Å². The quantitative estimate of drug-likeness (QED) is 0.893. The molecular weight excluding hydrogens is 238 g/mol. The summed E-state index contributed by atoms with van der Waals surface area (Å²) in [7, 11) is -3.37. The van der Waals surface area contributed by atoms with Crippen LogP contribution in [0.25, 0.3) is 0 Å². The monoisotopic (exact) mass is 257 g/mol. The zero-order valence-electron chi connectivity index (χ0n) is 10.1. The van der Waals surface area contributed by atoms with E-state index < -0.39 is 10.0 Å². The summed E-state index contributed by atoms with van der Waals surface area (Å²) in [6, 6.07) is 0.155. The van der Waals surface area contributed by atoms with Crippen molar-refractivity contribution in [3.63, 3.8) is 0 Å². The largest absolute Gasteiger partial charge is 0.335 e. The molecule has 1 aromatic rings. The van der Waals surface area contributed by atoms with Gasteiger partial charge in [-0.25, -0.2) is 13.4 Å². The van der Waals surface area contributed by atoms with Crippen LogP contribution in [-0.2, 0) is 10.0 Å². The summed E-state index contributed by atoms with van der Waals surface area (Å²) in [5.74, 6) is 0. The zero-order valence-corrected chi connectivity index (χ0v) is 10.9. The van der Waals surface area contributed by atoms with Crippen LogP contribution in [0.4, 0.5) is 0 Å². The summed E-state index contributed by atoms with van der Waals surface area (Å²) < 4.78 is 26.4. The summed E-state index contributed by atoms with van der Waals surface area (Å²) >= 11 is 0. The standard InChI is InChI=1S/C11H19N3O2S/c1-2-5-10-6-3-4-7-14(10)17(15,16)11-8-12-9-13-11/h8-10H,2-7H2,1H3,(H,12,13). The van der Waals surface area contributed by atoms with E-state index in [1.165, 1.54) is 12.5 Å². The van der Waals surface area contributed by atoms with E-state index >= 15 is 0 Å². The third-order valence-electron chi connectivity index (χ3n) is 3.25. The van der Waals surface area contributed by atoms with E-state index in [1.807, 2.05) is 0 Å². The Kier molecular flexibility index (Phi) is 3.83. The molecule has 0 aliphatic carbocycles. The second-order valence-electron chi connectivity index (χ2n) is 4.47. The van der Waals surface area contributed by atoms with Crippen LogP contribution in [0.3, 0.4) is 0 Å². The number of piperidine rings is 1. The van der Waals surface area contributed by atoms with Crippen molar-refractivity contribution in [2.75, 3.05) is 6.54 Å². The lowest BCUT2D eigenvalue weighted by atomic mass is 10.0. The third kappa shape index (κ3) is 2.52. The van der Waals surface area contributed by atoms with Crippen LogP contribution in [0.15, 0.2) is 17.6 Å². The van der Waals surface area contributed by atoms with Crippen LogP contribution in [-0.4, -0.2) is 35.3 Å². The molecule has 0 bridgehead atoms. The van der Waals surface area contributed by atoms with Crippen molar-refractivity contribution in [1.82, 2.24) is 14.3 Å². The van der Waals surface area contributed by atoms with Gasteiger partial charge in [0.05, 0.1) is 12.5 Å². The van der Waals surface area contributed by atoms with Gasteiger partial charge < -0.3 is 4.98 Å². The highest BCUT2D eigenvalue weighted by molar-refractivity contribution is 7.89. The Bertz CT molecular complexity index is 439. The minimum Gasteiger partial charge on any atom is -0.335 e. The van der Waals surface area contributed by atoms with Crippen LogP contribution in [0, 0.1) is 0 Å². The van der Waals surface area contributed by atoms with Gasteiger partial charge in [-0.15, -0.1) is 0 Å². The van der Waals surface area contributed by atoms with Gasteiger partial charge in [0.1, 0.15) is 0 Å². The van der Waals surface area contributed by atoms with Crippen molar-refractivity contribution in [3.05, 3.63) is 12.5 Å². The van der Waals surface area contributed by atoms with E-state index in [2.05, 4.69) is 16.9 Å². The molecule has 1 unspecified atom stereocenters. The van der Waals surface area contributed by atoms with Gasteiger partial charge in [0, 0.05) is 12.6 Å². The number of imidazole rings is 1. The first kappa shape index (κ1) is 12.6. The second kappa shape index (κ2) is 5.18. The SMILES string of the molecule is CCCC1CCCCN1S(=O)(=O)c1cnc[nH]1. The lowest BCUT2D eigenvalue weighted by Crippen LogP contribution is -2.43.